The van der Waals surface area contributed by atoms with Gasteiger partial charge in [-0.1, -0.05) is 78.9 Å². The second-order valence-corrected chi connectivity index (χ2v) is 7.88. The minimum absolute atomic E-state index is 0.00223. The number of anilines is 3. The van der Waals surface area contributed by atoms with Crippen molar-refractivity contribution in [3.8, 4) is 11.1 Å². The highest BCUT2D eigenvalue weighted by Crippen LogP contribution is 2.27. The van der Waals surface area contributed by atoms with E-state index in [1.165, 1.54) is 9.47 Å². The van der Waals surface area contributed by atoms with Crippen LogP contribution < -0.4 is 27.2 Å². The normalized spacial score (nSPS) is 10.6. The predicted molar refractivity (Wildman–Crippen MR) is 135 cm³/mol. The summed E-state index contributed by atoms with van der Waals surface area (Å²) in [7, 11) is 1.58. The molecule has 1 heterocycles. The highest BCUT2D eigenvalue weighted by atomic mass is 16.2. The average molecular weight is 456 g/mol. The molecule has 0 fully saturated rings. The van der Waals surface area contributed by atoms with Crippen LogP contribution in [0.2, 0.25) is 0 Å². The highest BCUT2D eigenvalue weighted by molar-refractivity contribution is 5.98. The zero-order valence-electron chi connectivity index (χ0n) is 18.7. The molecule has 8 nitrogen and oxygen atoms in total. The summed E-state index contributed by atoms with van der Waals surface area (Å²) in [4.78, 5) is 41.6. The number of H-pyrrole nitrogens is 1. The van der Waals surface area contributed by atoms with Gasteiger partial charge in [-0.15, -0.1) is 0 Å². The zero-order chi connectivity index (χ0) is 24.1. The number of benzene rings is 3. The molecule has 3 aromatic carbocycles. The van der Waals surface area contributed by atoms with Crippen molar-refractivity contribution in [1.82, 2.24) is 9.55 Å². The fourth-order valence-electron chi connectivity index (χ4n) is 3.81. The summed E-state index contributed by atoms with van der Waals surface area (Å²) in [6.45, 7) is 0.0553. The van der Waals surface area contributed by atoms with Gasteiger partial charge in [0.2, 0.25) is 5.91 Å². The Kier molecular flexibility index (Phi) is 6.59. The SMILES string of the molecule is CN(CC(=O)Nc1ccccc1-c1ccccc1)c1c(N)n(Cc2ccccc2)c(=O)[nH]c1=O. The van der Waals surface area contributed by atoms with Crippen molar-refractivity contribution < 1.29 is 4.79 Å². The molecular weight excluding hydrogens is 430 g/mol. The minimum Gasteiger partial charge on any atom is -0.383 e. The smallest absolute Gasteiger partial charge is 0.330 e. The van der Waals surface area contributed by atoms with Crippen molar-refractivity contribution in [1.29, 1.82) is 0 Å². The maximum atomic E-state index is 12.9. The lowest BCUT2D eigenvalue weighted by atomic mass is 10.0. The van der Waals surface area contributed by atoms with Crippen LogP contribution in [0.4, 0.5) is 17.2 Å². The average Bonchev–Trinajstić information content (AvgIpc) is 2.83. The van der Waals surface area contributed by atoms with Crippen molar-refractivity contribution in [2.45, 2.75) is 6.54 Å². The number of hydrogen-bond acceptors (Lipinski definition) is 5. The topological polar surface area (TPSA) is 113 Å². The van der Waals surface area contributed by atoms with Crippen LogP contribution in [-0.4, -0.2) is 29.1 Å². The standard InChI is InChI=1S/C26H25N5O3/c1-30(17-22(32)28-21-15-9-8-14-20(21)19-12-6-3-7-13-19)23-24(27)31(26(34)29-25(23)33)16-18-10-4-2-5-11-18/h2-15H,16-17,27H2,1H3,(H,28,32)(H,29,33,34). The molecule has 0 atom stereocenters. The van der Waals surface area contributed by atoms with E-state index in [0.717, 1.165) is 16.7 Å². The van der Waals surface area contributed by atoms with Crippen LogP contribution in [0.1, 0.15) is 5.56 Å². The number of nitrogens with zero attached hydrogens (tertiary/aromatic N) is 2. The number of rotatable bonds is 7. The Bertz CT molecular complexity index is 1410. The second-order valence-electron chi connectivity index (χ2n) is 7.88. The van der Waals surface area contributed by atoms with Gasteiger partial charge in [0, 0.05) is 18.3 Å². The molecule has 0 unspecified atom stereocenters. The number of para-hydroxylation sites is 1. The number of nitrogens with one attached hydrogen (secondary N) is 2. The molecule has 0 bridgehead atoms. The minimum atomic E-state index is -0.646. The molecule has 4 aromatic rings. The molecule has 4 N–H and O–H groups in total. The first-order valence-corrected chi connectivity index (χ1v) is 10.8. The first-order chi connectivity index (χ1) is 16.4. The Morgan fingerprint density at radius 1 is 0.941 bits per heavy atom. The maximum Gasteiger partial charge on any atom is 0.330 e. The van der Waals surface area contributed by atoms with Gasteiger partial charge in [-0.05, 0) is 17.2 Å². The van der Waals surface area contributed by atoms with E-state index < -0.39 is 11.2 Å². The zero-order valence-corrected chi connectivity index (χ0v) is 18.7. The number of hydrogen-bond donors (Lipinski definition) is 3. The van der Waals surface area contributed by atoms with E-state index in [4.69, 9.17) is 5.73 Å². The molecule has 0 aliphatic carbocycles. The molecule has 8 heteroatoms. The lowest BCUT2D eigenvalue weighted by molar-refractivity contribution is -0.114. The molecule has 1 aromatic heterocycles. The fraction of sp³-hybridized carbons (Fsp3) is 0.115. The van der Waals surface area contributed by atoms with Crippen molar-refractivity contribution in [3.63, 3.8) is 0 Å². The van der Waals surface area contributed by atoms with E-state index in [1.807, 2.05) is 84.9 Å². The molecular formula is C26H25N5O3. The van der Waals surface area contributed by atoms with Crippen LogP contribution in [-0.2, 0) is 11.3 Å². The summed E-state index contributed by atoms with van der Waals surface area (Å²) in [5.74, 6) is -0.330. The van der Waals surface area contributed by atoms with E-state index in [2.05, 4.69) is 10.3 Å². The van der Waals surface area contributed by atoms with Crippen LogP contribution >= 0.6 is 0 Å². The highest BCUT2D eigenvalue weighted by Gasteiger charge is 2.19. The third-order valence-corrected chi connectivity index (χ3v) is 5.45. The summed E-state index contributed by atoms with van der Waals surface area (Å²) < 4.78 is 1.28. The number of aromatic nitrogens is 2. The summed E-state index contributed by atoms with van der Waals surface area (Å²) in [5.41, 5.74) is 8.40. The van der Waals surface area contributed by atoms with Gasteiger partial charge in [0.1, 0.15) is 11.5 Å². The largest absolute Gasteiger partial charge is 0.383 e. The monoisotopic (exact) mass is 455 g/mol. The van der Waals surface area contributed by atoms with Crippen LogP contribution in [0.3, 0.4) is 0 Å². The van der Waals surface area contributed by atoms with E-state index >= 15 is 0 Å². The third-order valence-electron chi connectivity index (χ3n) is 5.45. The van der Waals surface area contributed by atoms with Crippen LogP contribution in [0, 0.1) is 0 Å². The van der Waals surface area contributed by atoms with Gasteiger partial charge in [0.15, 0.2) is 0 Å². The van der Waals surface area contributed by atoms with E-state index in [-0.39, 0.29) is 30.5 Å². The molecule has 34 heavy (non-hydrogen) atoms. The number of nitrogen functional groups attached to an aromatic ring is 1. The number of amides is 1. The Hall–Kier alpha value is -4.59. The molecule has 0 saturated carbocycles. The van der Waals surface area contributed by atoms with Gasteiger partial charge in [0.25, 0.3) is 5.56 Å². The van der Waals surface area contributed by atoms with Gasteiger partial charge in [-0.3, -0.25) is 19.1 Å². The van der Waals surface area contributed by atoms with Crippen LogP contribution in [0.5, 0.6) is 0 Å². The van der Waals surface area contributed by atoms with Crippen LogP contribution in [0.25, 0.3) is 11.1 Å². The molecule has 1 amide bonds. The lowest BCUT2D eigenvalue weighted by Crippen LogP contribution is -2.39. The molecule has 172 valence electrons. The van der Waals surface area contributed by atoms with Crippen molar-refractivity contribution in [2.75, 3.05) is 29.5 Å². The number of carbonyl (C=O) groups is 1. The lowest BCUT2D eigenvalue weighted by Gasteiger charge is -2.22. The quantitative estimate of drug-likeness (QED) is 0.397. The summed E-state index contributed by atoms with van der Waals surface area (Å²) in [5, 5.41) is 2.91. The Morgan fingerprint density at radius 3 is 2.26 bits per heavy atom. The molecule has 0 radical (unpaired) electrons. The molecule has 0 aliphatic rings. The van der Waals surface area contributed by atoms with Gasteiger partial charge >= 0.3 is 5.69 Å². The summed E-state index contributed by atoms with van der Waals surface area (Å²) in [6.07, 6.45) is 0. The Balaban J connectivity index is 1.56. The second kappa shape index (κ2) is 9.91. The molecule has 0 spiro atoms. The Labute approximate surface area is 196 Å². The van der Waals surface area contributed by atoms with Crippen molar-refractivity contribution in [2.24, 2.45) is 0 Å². The van der Waals surface area contributed by atoms with Gasteiger partial charge < -0.3 is 16.0 Å². The van der Waals surface area contributed by atoms with E-state index in [0.29, 0.717) is 5.69 Å². The number of aromatic amines is 1. The van der Waals surface area contributed by atoms with E-state index in [1.54, 1.807) is 7.05 Å². The fourth-order valence-corrected chi connectivity index (χ4v) is 3.81. The third kappa shape index (κ3) is 4.91. The summed E-state index contributed by atoms with van der Waals surface area (Å²) in [6, 6.07) is 26.5. The Morgan fingerprint density at radius 2 is 1.56 bits per heavy atom. The van der Waals surface area contributed by atoms with Gasteiger partial charge in [-0.25, -0.2) is 4.79 Å². The predicted octanol–water partition coefficient (Wildman–Crippen LogP) is 2.91. The van der Waals surface area contributed by atoms with Crippen LogP contribution in [0.15, 0.2) is 94.5 Å². The number of nitrogens with two attached hydrogens (primary N) is 1. The molecule has 0 aliphatic heterocycles. The van der Waals surface area contributed by atoms with Crippen molar-refractivity contribution >= 4 is 23.1 Å². The number of carbonyl (C=O) groups excluding carboxylic acids is 1. The number of likely N-dealkylation sites (N-methyl/N-ethyl adjacent to an activating group) is 1. The first-order valence-electron chi connectivity index (χ1n) is 10.8. The van der Waals surface area contributed by atoms with Gasteiger partial charge in [0.05, 0.1) is 13.1 Å². The van der Waals surface area contributed by atoms with Crippen molar-refractivity contribution in [3.05, 3.63) is 111 Å². The van der Waals surface area contributed by atoms with E-state index in [9.17, 15) is 14.4 Å². The first kappa shape index (κ1) is 22.6. The molecule has 4 rings (SSSR count). The maximum absolute atomic E-state index is 12.9. The van der Waals surface area contributed by atoms with Gasteiger partial charge in [-0.2, -0.15) is 0 Å². The summed E-state index contributed by atoms with van der Waals surface area (Å²) >= 11 is 0. The molecule has 0 saturated heterocycles.